The maximum atomic E-state index is 13.0. The van der Waals surface area contributed by atoms with E-state index in [2.05, 4.69) is 32.6 Å². The highest BCUT2D eigenvalue weighted by molar-refractivity contribution is 8.12. The van der Waals surface area contributed by atoms with Crippen LogP contribution in [-0.2, 0) is 17.1 Å². The fourth-order valence-electron chi connectivity index (χ4n) is 2.96. The van der Waals surface area contributed by atoms with Crippen molar-refractivity contribution in [3.63, 3.8) is 0 Å². The highest BCUT2D eigenvalue weighted by Gasteiger charge is 2.19. The molecule has 10 nitrogen and oxygen atoms in total. The van der Waals surface area contributed by atoms with Crippen molar-refractivity contribution in [2.75, 3.05) is 0 Å². The molecule has 0 aliphatic carbocycles. The number of hydrogen-bond acceptors (Lipinski definition) is 7. The Hall–Kier alpha value is -4.24. The zero-order valence-corrected chi connectivity index (χ0v) is 19.5. The van der Waals surface area contributed by atoms with Crippen molar-refractivity contribution in [3.8, 4) is 23.2 Å². The minimum absolute atomic E-state index is 0.0205. The van der Waals surface area contributed by atoms with Crippen molar-refractivity contribution in [2.45, 2.75) is 31.7 Å². The van der Waals surface area contributed by atoms with E-state index in [4.69, 9.17) is 16.2 Å². The fourth-order valence-corrected chi connectivity index (χ4v) is 3.53. The molecular weight excluding hydrogens is 473 g/mol. The van der Waals surface area contributed by atoms with Gasteiger partial charge in [0.2, 0.25) is 5.82 Å². The summed E-state index contributed by atoms with van der Waals surface area (Å²) in [5, 5.41) is 30.3. The Balaban J connectivity index is 1.63. The topological polar surface area (TPSA) is 160 Å². The number of carboxylic acids is 1. The van der Waals surface area contributed by atoms with E-state index in [1.165, 1.54) is 16.9 Å². The molecule has 0 aliphatic rings. The van der Waals surface area contributed by atoms with Crippen LogP contribution in [-0.4, -0.2) is 48.4 Å². The number of nitrogens with zero attached hydrogens (tertiary/aromatic N) is 4. The third-order valence-corrected chi connectivity index (χ3v) is 5.32. The molecule has 3 rings (SSSR count). The number of aromatic nitrogens is 4. The summed E-state index contributed by atoms with van der Waals surface area (Å²) in [5.41, 5.74) is 8.66. The Bertz CT molecular complexity index is 1300. The summed E-state index contributed by atoms with van der Waals surface area (Å²) in [5.74, 6) is 4.62. The van der Waals surface area contributed by atoms with Gasteiger partial charge in [-0.25, -0.2) is 4.39 Å². The average Bonchev–Trinajstić information content (AvgIpc) is 3.27. The summed E-state index contributed by atoms with van der Waals surface area (Å²) < 4.78 is 13.0. The van der Waals surface area contributed by atoms with Gasteiger partial charge in [-0.1, -0.05) is 24.0 Å². The fraction of sp³-hybridized carbons (Fsp3) is 0.217. The van der Waals surface area contributed by atoms with E-state index >= 15 is 0 Å². The SMILES string of the molecule is Cc1cc(C#CCc2ccc(F)cc2)cc(-c2nnn(CSC(=O)NC(CC(=O)O)C(=N)N)n2)c1. The van der Waals surface area contributed by atoms with Gasteiger partial charge in [0, 0.05) is 17.5 Å². The first-order valence-electron chi connectivity index (χ1n) is 10.3. The molecule has 0 radical (unpaired) electrons. The van der Waals surface area contributed by atoms with E-state index in [0.29, 0.717) is 17.8 Å². The van der Waals surface area contributed by atoms with Crippen LogP contribution in [0.4, 0.5) is 9.18 Å². The Morgan fingerprint density at radius 1 is 1.29 bits per heavy atom. The smallest absolute Gasteiger partial charge is 0.305 e. The lowest BCUT2D eigenvalue weighted by Crippen LogP contribution is -2.44. The number of amidine groups is 1. The Labute approximate surface area is 204 Å². The number of carbonyl (C=O) groups excluding carboxylic acids is 1. The summed E-state index contributed by atoms with van der Waals surface area (Å²) in [6.45, 7) is 1.92. The number of nitrogens with two attached hydrogens (primary N) is 1. The van der Waals surface area contributed by atoms with Gasteiger partial charge in [-0.05, 0) is 65.4 Å². The van der Waals surface area contributed by atoms with Crippen LogP contribution >= 0.6 is 11.8 Å². The Morgan fingerprint density at radius 3 is 2.71 bits per heavy atom. The molecule has 0 spiro atoms. The average molecular weight is 496 g/mol. The molecule has 180 valence electrons. The van der Waals surface area contributed by atoms with Gasteiger partial charge < -0.3 is 16.2 Å². The maximum absolute atomic E-state index is 13.0. The highest BCUT2D eigenvalue weighted by atomic mass is 32.2. The van der Waals surface area contributed by atoms with E-state index in [-0.39, 0.29) is 11.7 Å². The number of carbonyl (C=O) groups is 2. The summed E-state index contributed by atoms with van der Waals surface area (Å²) in [6, 6.07) is 10.7. The summed E-state index contributed by atoms with van der Waals surface area (Å²) in [7, 11) is 0. The monoisotopic (exact) mass is 495 g/mol. The van der Waals surface area contributed by atoms with Crippen LogP contribution in [0.1, 0.15) is 23.1 Å². The minimum Gasteiger partial charge on any atom is -0.481 e. The lowest BCUT2D eigenvalue weighted by Gasteiger charge is -2.14. The van der Waals surface area contributed by atoms with Crippen molar-refractivity contribution in [2.24, 2.45) is 5.73 Å². The third-order valence-electron chi connectivity index (χ3n) is 4.58. The number of aryl methyl sites for hydroxylation is 1. The quantitative estimate of drug-likeness (QED) is 0.211. The standard InChI is InChI=1S/C23H22FN7O3S/c1-14-9-16(4-2-3-15-5-7-18(24)8-6-15)11-17(10-14)22-28-30-31(29-22)13-35-23(34)27-19(21(25)26)12-20(32)33/h5-11,19H,3,12-13H2,1H3,(H3,25,26)(H,27,34)(H,32,33). The second-order valence-electron chi connectivity index (χ2n) is 7.49. The van der Waals surface area contributed by atoms with Gasteiger partial charge in [0.05, 0.1) is 12.5 Å². The lowest BCUT2D eigenvalue weighted by molar-refractivity contribution is -0.137. The van der Waals surface area contributed by atoms with Crippen molar-refractivity contribution in [3.05, 3.63) is 65.0 Å². The number of nitrogens with one attached hydrogen (secondary N) is 2. The molecule has 1 heterocycles. The molecule has 0 fully saturated rings. The number of tetrazole rings is 1. The number of amides is 1. The summed E-state index contributed by atoms with van der Waals surface area (Å²) >= 11 is 0.784. The number of carboxylic acid groups (broad SMARTS) is 1. The number of aliphatic carboxylic acids is 1. The molecule has 0 bridgehead atoms. The molecule has 0 aliphatic heterocycles. The molecular formula is C23H22FN7O3S. The van der Waals surface area contributed by atoms with E-state index in [9.17, 15) is 14.0 Å². The van der Waals surface area contributed by atoms with Gasteiger partial charge in [-0.3, -0.25) is 15.0 Å². The van der Waals surface area contributed by atoms with Crippen LogP contribution in [0.3, 0.4) is 0 Å². The van der Waals surface area contributed by atoms with Crippen molar-refractivity contribution in [1.82, 2.24) is 25.5 Å². The number of benzene rings is 2. The lowest BCUT2D eigenvalue weighted by atomic mass is 10.1. The van der Waals surface area contributed by atoms with Gasteiger partial charge in [-0.15, -0.1) is 10.2 Å². The largest absolute Gasteiger partial charge is 0.481 e. The molecule has 2 aromatic carbocycles. The number of halogens is 1. The van der Waals surface area contributed by atoms with Crippen LogP contribution in [0.15, 0.2) is 42.5 Å². The minimum atomic E-state index is -1.18. The first-order chi connectivity index (χ1) is 16.7. The second-order valence-corrected chi connectivity index (χ2v) is 8.41. The van der Waals surface area contributed by atoms with Crippen molar-refractivity contribution >= 4 is 28.8 Å². The van der Waals surface area contributed by atoms with Crippen LogP contribution in [0.2, 0.25) is 0 Å². The Kier molecular flexibility index (Phi) is 8.53. The molecule has 12 heteroatoms. The van der Waals surface area contributed by atoms with Crippen LogP contribution < -0.4 is 11.1 Å². The number of rotatable bonds is 8. The molecule has 1 aromatic heterocycles. The van der Waals surface area contributed by atoms with Gasteiger partial charge in [0.25, 0.3) is 5.24 Å². The third kappa shape index (κ3) is 7.94. The maximum Gasteiger partial charge on any atom is 0.305 e. The van der Waals surface area contributed by atoms with E-state index < -0.39 is 29.5 Å². The van der Waals surface area contributed by atoms with Crippen molar-refractivity contribution in [1.29, 1.82) is 5.41 Å². The Morgan fingerprint density at radius 2 is 2.03 bits per heavy atom. The highest BCUT2D eigenvalue weighted by Crippen LogP contribution is 2.18. The second kappa shape index (κ2) is 11.8. The molecule has 3 aromatic rings. The molecule has 5 N–H and O–H groups in total. The predicted octanol–water partition coefficient (Wildman–Crippen LogP) is 2.56. The molecule has 1 unspecified atom stereocenters. The summed E-state index contributed by atoms with van der Waals surface area (Å²) in [4.78, 5) is 24.1. The number of thioether (sulfide) groups is 1. The molecule has 35 heavy (non-hydrogen) atoms. The van der Waals surface area contributed by atoms with Crippen LogP contribution in [0.5, 0.6) is 0 Å². The molecule has 1 amide bonds. The first kappa shape index (κ1) is 25.4. The van der Waals surface area contributed by atoms with Crippen molar-refractivity contribution < 1.29 is 19.1 Å². The molecule has 1 atom stereocenters. The van der Waals surface area contributed by atoms with Gasteiger partial charge >= 0.3 is 5.97 Å². The first-order valence-corrected chi connectivity index (χ1v) is 11.3. The molecule has 0 saturated heterocycles. The van der Waals surface area contributed by atoms with Crippen LogP contribution in [0, 0.1) is 30.0 Å². The van der Waals surface area contributed by atoms with E-state index in [1.54, 1.807) is 12.1 Å². The predicted molar refractivity (Wildman–Crippen MR) is 129 cm³/mol. The zero-order chi connectivity index (χ0) is 25.4. The number of hydrogen-bond donors (Lipinski definition) is 4. The molecule has 0 saturated carbocycles. The van der Waals surface area contributed by atoms with Gasteiger partial charge in [0.1, 0.15) is 17.5 Å². The normalized spacial score (nSPS) is 11.3. The van der Waals surface area contributed by atoms with Crippen LogP contribution in [0.25, 0.3) is 11.4 Å². The van der Waals surface area contributed by atoms with E-state index in [0.717, 1.165) is 28.5 Å². The zero-order valence-electron chi connectivity index (χ0n) is 18.7. The summed E-state index contributed by atoms with van der Waals surface area (Å²) in [6.07, 6.45) is -0.00986. The van der Waals surface area contributed by atoms with E-state index in [1.807, 2.05) is 25.1 Å². The van der Waals surface area contributed by atoms with Gasteiger partial charge in [0.15, 0.2) is 0 Å². The van der Waals surface area contributed by atoms with Gasteiger partial charge in [-0.2, -0.15) is 4.80 Å².